The molecule has 2 aliphatic carbocycles. The van der Waals surface area contributed by atoms with Gasteiger partial charge in [-0.05, 0) is 85.0 Å². The Balaban J connectivity index is 1.29. The van der Waals surface area contributed by atoms with Crippen LogP contribution in [0, 0.1) is 27.7 Å². The maximum Gasteiger partial charge on any atom is 0.00299 e. The summed E-state index contributed by atoms with van der Waals surface area (Å²) in [7, 11) is 0. The number of rotatable bonds is 6. The minimum atomic E-state index is 0.636. The monoisotopic (exact) mass is 356 g/mol. The van der Waals surface area contributed by atoms with Crippen LogP contribution in [0.3, 0.4) is 0 Å². The second-order valence-corrected chi connectivity index (χ2v) is 8.62. The van der Waals surface area contributed by atoms with E-state index < -0.39 is 0 Å². The van der Waals surface area contributed by atoms with Crippen LogP contribution >= 0.6 is 0 Å². The average molecular weight is 357 g/mol. The summed E-state index contributed by atoms with van der Waals surface area (Å²) in [6, 6.07) is 9.11. The fourth-order valence-corrected chi connectivity index (χ4v) is 5.14. The first kappa shape index (κ1) is 18.3. The van der Waals surface area contributed by atoms with Crippen molar-refractivity contribution in [1.82, 2.24) is 0 Å². The summed E-state index contributed by atoms with van der Waals surface area (Å²) in [6.45, 7) is 9.02. The highest BCUT2D eigenvalue weighted by Crippen LogP contribution is 2.39. The van der Waals surface area contributed by atoms with Crippen LogP contribution in [0.1, 0.15) is 88.4 Å². The first-order valence-corrected chi connectivity index (χ1v) is 10.6. The van der Waals surface area contributed by atoms with Crippen molar-refractivity contribution in [1.29, 1.82) is 0 Å². The van der Waals surface area contributed by atoms with E-state index in [9.17, 15) is 0 Å². The molecule has 2 atom stereocenters. The van der Waals surface area contributed by atoms with Crippen molar-refractivity contribution in [2.75, 3.05) is 0 Å². The molecule has 4 rings (SSSR count). The van der Waals surface area contributed by atoms with Gasteiger partial charge in [0, 0.05) is 11.8 Å². The zero-order chi connectivity index (χ0) is 19.0. The molecule has 27 heavy (non-hydrogen) atoms. The lowest BCUT2D eigenvalue weighted by Gasteiger charge is -2.17. The normalized spacial score (nSPS) is 19.6. The summed E-state index contributed by atoms with van der Waals surface area (Å²) in [5, 5.41) is 0. The highest BCUT2D eigenvalue weighted by Gasteiger charge is 2.22. The van der Waals surface area contributed by atoms with Gasteiger partial charge in [-0.2, -0.15) is 0 Å². The molecule has 140 valence electrons. The second-order valence-electron chi connectivity index (χ2n) is 8.62. The zero-order valence-corrected chi connectivity index (χ0v) is 17.3. The van der Waals surface area contributed by atoms with Crippen molar-refractivity contribution >= 4 is 12.2 Å². The fourth-order valence-electron chi connectivity index (χ4n) is 5.14. The molecule has 2 aromatic carbocycles. The molecular formula is C27H32. The van der Waals surface area contributed by atoms with Crippen LogP contribution in [0.2, 0.25) is 0 Å². The van der Waals surface area contributed by atoms with E-state index in [1.807, 2.05) is 0 Å². The van der Waals surface area contributed by atoms with Gasteiger partial charge in [0.15, 0.2) is 0 Å². The van der Waals surface area contributed by atoms with Crippen LogP contribution in [-0.4, -0.2) is 0 Å². The van der Waals surface area contributed by atoms with Gasteiger partial charge in [-0.25, -0.2) is 0 Å². The van der Waals surface area contributed by atoms with E-state index in [4.69, 9.17) is 0 Å². The minimum Gasteiger partial charge on any atom is -0.0764 e. The molecule has 2 aliphatic rings. The van der Waals surface area contributed by atoms with Crippen LogP contribution in [0.4, 0.5) is 0 Å². The Morgan fingerprint density at radius 1 is 0.556 bits per heavy atom. The molecule has 0 saturated heterocycles. The first-order valence-electron chi connectivity index (χ1n) is 10.6. The summed E-state index contributed by atoms with van der Waals surface area (Å²) in [5.41, 5.74) is 11.9. The third kappa shape index (κ3) is 3.43. The van der Waals surface area contributed by atoms with Crippen molar-refractivity contribution < 1.29 is 0 Å². The van der Waals surface area contributed by atoms with E-state index in [-0.39, 0.29) is 0 Å². The topological polar surface area (TPSA) is 0 Å². The summed E-state index contributed by atoms with van der Waals surface area (Å²) < 4.78 is 0. The highest BCUT2D eigenvalue weighted by atomic mass is 14.3. The minimum absolute atomic E-state index is 0.636. The van der Waals surface area contributed by atoms with Crippen LogP contribution < -0.4 is 0 Å². The molecule has 0 radical (unpaired) electrons. The lowest BCUT2D eigenvalue weighted by Crippen LogP contribution is -2.00. The number of benzene rings is 2. The number of fused-ring (bicyclic) bond motifs is 2. The van der Waals surface area contributed by atoms with Crippen molar-refractivity contribution in [3.8, 4) is 0 Å². The van der Waals surface area contributed by atoms with Gasteiger partial charge in [0.05, 0.1) is 0 Å². The van der Waals surface area contributed by atoms with Crippen LogP contribution in [0.25, 0.3) is 12.2 Å². The van der Waals surface area contributed by atoms with Gasteiger partial charge >= 0.3 is 0 Å². The smallest absolute Gasteiger partial charge is 0.00299 e. The molecule has 0 nitrogen and oxygen atoms in total. The van der Waals surface area contributed by atoms with Gasteiger partial charge in [0.2, 0.25) is 0 Å². The maximum absolute atomic E-state index is 2.44. The highest BCUT2D eigenvalue weighted by molar-refractivity contribution is 5.68. The average Bonchev–Trinajstić information content (AvgIpc) is 3.27. The van der Waals surface area contributed by atoms with Gasteiger partial charge in [0.25, 0.3) is 0 Å². The number of aryl methyl sites for hydroxylation is 4. The molecule has 0 amide bonds. The van der Waals surface area contributed by atoms with Crippen LogP contribution in [0.15, 0.2) is 36.4 Å². The summed E-state index contributed by atoms with van der Waals surface area (Å²) in [5.74, 6) is 1.27. The summed E-state index contributed by atoms with van der Waals surface area (Å²) in [4.78, 5) is 0. The van der Waals surface area contributed by atoms with Gasteiger partial charge < -0.3 is 0 Å². The van der Waals surface area contributed by atoms with E-state index in [0.29, 0.717) is 11.8 Å². The SMILES string of the molecule is Cc1ccc(C)c2c1C=CC2CCCCCC1C=Cc2c(C)ccc(C)c21. The second kappa shape index (κ2) is 7.50. The number of unbranched alkanes of at least 4 members (excludes halogenated alkanes) is 2. The van der Waals surface area contributed by atoms with E-state index in [1.54, 1.807) is 11.1 Å². The molecule has 0 N–H and O–H groups in total. The maximum atomic E-state index is 2.44. The Labute approximate surface area is 165 Å². The third-order valence-electron chi connectivity index (χ3n) is 6.71. The van der Waals surface area contributed by atoms with Gasteiger partial charge in [-0.15, -0.1) is 0 Å². The van der Waals surface area contributed by atoms with E-state index in [1.165, 1.54) is 65.5 Å². The van der Waals surface area contributed by atoms with E-state index in [0.717, 1.165) is 0 Å². The molecule has 0 spiro atoms. The molecule has 0 bridgehead atoms. The Morgan fingerprint density at radius 3 is 1.41 bits per heavy atom. The van der Waals surface area contributed by atoms with Crippen molar-refractivity contribution in [3.05, 3.63) is 80.9 Å². The molecule has 2 unspecified atom stereocenters. The van der Waals surface area contributed by atoms with Crippen molar-refractivity contribution in [2.24, 2.45) is 0 Å². The van der Waals surface area contributed by atoms with E-state index in [2.05, 4.69) is 76.3 Å². The van der Waals surface area contributed by atoms with Crippen LogP contribution in [-0.2, 0) is 0 Å². The number of hydrogen-bond acceptors (Lipinski definition) is 0. The van der Waals surface area contributed by atoms with Crippen molar-refractivity contribution in [3.63, 3.8) is 0 Å². The van der Waals surface area contributed by atoms with Gasteiger partial charge in [0.1, 0.15) is 0 Å². The lowest BCUT2D eigenvalue weighted by atomic mass is 9.88. The molecule has 0 aliphatic heterocycles. The Morgan fingerprint density at radius 2 is 0.963 bits per heavy atom. The number of hydrogen-bond donors (Lipinski definition) is 0. The fraction of sp³-hybridized carbons (Fsp3) is 0.407. The molecule has 2 aromatic rings. The predicted molar refractivity (Wildman–Crippen MR) is 118 cm³/mol. The standard InChI is InChI=1S/C27H32/c1-18-10-12-20(3)26-22(14-16-24(18)26)8-6-5-7-9-23-15-17-25-19(2)11-13-21(4)27(23)25/h10-17,22-23H,5-9H2,1-4H3. The molecule has 0 fully saturated rings. The van der Waals surface area contributed by atoms with E-state index >= 15 is 0 Å². The first-order chi connectivity index (χ1) is 13.1. The number of allylic oxidation sites excluding steroid dienone is 2. The Kier molecular flexibility index (Phi) is 5.08. The van der Waals surface area contributed by atoms with Crippen molar-refractivity contribution in [2.45, 2.75) is 71.6 Å². The van der Waals surface area contributed by atoms with Gasteiger partial charge in [-0.1, -0.05) is 67.8 Å². The third-order valence-corrected chi connectivity index (χ3v) is 6.71. The zero-order valence-electron chi connectivity index (χ0n) is 17.3. The Hall–Kier alpha value is -2.08. The predicted octanol–water partition coefficient (Wildman–Crippen LogP) is 7.79. The quantitative estimate of drug-likeness (QED) is 0.463. The molecule has 0 saturated carbocycles. The molecular weight excluding hydrogens is 324 g/mol. The largest absolute Gasteiger partial charge is 0.0764 e. The molecule has 0 heteroatoms. The summed E-state index contributed by atoms with van der Waals surface area (Å²) in [6.07, 6.45) is 16.2. The Bertz CT molecular complexity index is 835. The van der Waals surface area contributed by atoms with Crippen LogP contribution in [0.5, 0.6) is 0 Å². The summed E-state index contributed by atoms with van der Waals surface area (Å²) >= 11 is 0. The van der Waals surface area contributed by atoms with Gasteiger partial charge in [-0.3, -0.25) is 0 Å². The lowest BCUT2D eigenvalue weighted by molar-refractivity contribution is 0.576. The molecule has 0 heterocycles. The molecule has 0 aromatic heterocycles.